The Bertz CT molecular complexity index is 1000. The average Bonchev–Trinajstić information content (AvgIpc) is 3.14. The number of amides is 1. The zero-order valence-electron chi connectivity index (χ0n) is 13.8. The van der Waals surface area contributed by atoms with E-state index in [1.165, 1.54) is 16.3 Å². The van der Waals surface area contributed by atoms with Gasteiger partial charge >= 0.3 is 0 Å². The largest absolute Gasteiger partial charge is 0.350 e. The maximum atomic E-state index is 12.7. The van der Waals surface area contributed by atoms with Gasteiger partial charge in [0.2, 0.25) is 5.91 Å². The molecule has 3 rings (SSSR count). The van der Waals surface area contributed by atoms with Crippen molar-refractivity contribution in [2.45, 2.75) is 18.2 Å². The lowest BCUT2D eigenvalue weighted by atomic mass is 10.2. The van der Waals surface area contributed by atoms with Crippen molar-refractivity contribution >= 4 is 51.5 Å². The van der Waals surface area contributed by atoms with Crippen molar-refractivity contribution in [1.29, 1.82) is 0 Å². The Morgan fingerprint density at radius 3 is 3.00 bits per heavy atom. The first kappa shape index (κ1) is 18.7. The Morgan fingerprint density at radius 2 is 2.27 bits per heavy atom. The lowest BCUT2D eigenvalue weighted by Gasteiger charge is -2.11. The second kappa shape index (κ2) is 8.53. The summed E-state index contributed by atoms with van der Waals surface area (Å²) in [5.41, 5.74) is 0.345. The number of thioether (sulfide) groups is 1. The van der Waals surface area contributed by atoms with E-state index in [2.05, 4.69) is 16.9 Å². The third-order valence-electron chi connectivity index (χ3n) is 3.57. The molecule has 0 saturated carbocycles. The second-order valence-corrected chi connectivity index (χ2v) is 7.82. The van der Waals surface area contributed by atoms with Crippen molar-refractivity contribution in [2.75, 3.05) is 5.75 Å². The van der Waals surface area contributed by atoms with Gasteiger partial charge in [-0.2, -0.15) is 0 Å². The molecule has 2 heterocycles. The lowest BCUT2D eigenvalue weighted by Crippen LogP contribution is -2.26. The first-order chi connectivity index (χ1) is 12.6. The molecule has 0 unspecified atom stereocenters. The van der Waals surface area contributed by atoms with Crippen molar-refractivity contribution in [2.24, 2.45) is 0 Å². The summed E-state index contributed by atoms with van der Waals surface area (Å²) in [7, 11) is 0. The minimum atomic E-state index is -0.173. The van der Waals surface area contributed by atoms with E-state index in [0.717, 1.165) is 4.88 Å². The van der Waals surface area contributed by atoms with Gasteiger partial charge in [0, 0.05) is 16.4 Å². The van der Waals surface area contributed by atoms with Crippen LogP contribution in [0, 0.1) is 0 Å². The number of allylic oxidation sites excluding steroid dienone is 1. The van der Waals surface area contributed by atoms with E-state index in [9.17, 15) is 9.59 Å². The number of halogens is 1. The predicted octanol–water partition coefficient (Wildman–Crippen LogP) is 3.71. The van der Waals surface area contributed by atoms with E-state index in [4.69, 9.17) is 11.6 Å². The van der Waals surface area contributed by atoms with Crippen LogP contribution in [0.15, 0.2) is 58.3 Å². The molecule has 8 heteroatoms. The van der Waals surface area contributed by atoms with Crippen LogP contribution in [0.4, 0.5) is 0 Å². The van der Waals surface area contributed by atoms with Crippen LogP contribution >= 0.6 is 34.7 Å². The minimum absolute atomic E-state index is 0.117. The van der Waals surface area contributed by atoms with Crippen LogP contribution in [-0.2, 0) is 17.9 Å². The minimum Gasteiger partial charge on any atom is -0.350 e. The maximum absolute atomic E-state index is 12.7. The highest BCUT2D eigenvalue weighted by atomic mass is 35.5. The van der Waals surface area contributed by atoms with Gasteiger partial charge in [-0.05, 0) is 29.6 Å². The van der Waals surface area contributed by atoms with Gasteiger partial charge < -0.3 is 5.32 Å². The second-order valence-electron chi connectivity index (χ2n) is 5.41. The first-order valence-corrected chi connectivity index (χ1v) is 10.1. The van der Waals surface area contributed by atoms with Crippen molar-refractivity contribution in [1.82, 2.24) is 14.9 Å². The number of nitrogens with zero attached hydrogens (tertiary/aromatic N) is 2. The zero-order chi connectivity index (χ0) is 18.5. The summed E-state index contributed by atoms with van der Waals surface area (Å²) in [6, 6.07) is 8.88. The quantitative estimate of drug-likeness (QED) is 0.370. The molecule has 2 aromatic heterocycles. The molecule has 0 saturated heterocycles. The highest BCUT2D eigenvalue weighted by Crippen LogP contribution is 2.20. The van der Waals surface area contributed by atoms with Gasteiger partial charge in [-0.1, -0.05) is 35.5 Å². The number of thiophene rings is 1. The van der Waals surface area contributed by atoms with Crippen LogP contribution in [0.2, 0.25) is 5.02 Å². The molecule has 0 aliphatic rings. The van der Waals surface area contributed by atoms with Crippen molar-refractivity contribution in [3.63, 3.8) is 0 Å². The molecule has 1 N–H and O–H groups in total. The number of fused-ring (bicyclic) bond motifs is 1. The smallest absolute Gasteiger partial charge is 0.262 e. The van der Waals surface area contributed by atoms with E-state index >= 15 is 0 Å². The van der Waals surface area contributed by atoms with Gasteiger partial charge in [-0.25, -0.2) is 4.98 Å². The zero-order valence-corrected chi connectivity index (χ0v) is 16.2. The molecule has 1 aromatic carbocycles. The van der Waals surface area contributed by atoms with Gasteiger partial charge in [-0.3, -0.25) is 14.2 Å². The first-order valence-electron chi connectivity index (χ1n) is 7.81. The maximum Gasteiger partial charge on any atom is 0.262 e. The van der Waals surface area contributed by atoms with Gasteiger partial charge in [0.15, 0.2) is 5.16 Å². The molecular formula is C18H16ClN3O2S2. The van der Waals surface area contributed by atoms with Gasteiger partial charge in [-0.15, -0.1) is 17.9 Å². The number of hydrogen-bond donors (Lipinski definition) is 1. The number of carbonyl (C=O) groups is 1. The highest BCUT2D eigenvalue weighted by Gasteiger charge is 2.13. The summed E-state index contributed by atoms with van der Waals surface area (Å²) in [6.45, 7) is 4.51. The molecule has 134 valence electrons. The third-order valence-corrected chi connectivity index (χ3v) is 5.65. The molecule has 0 radical (unpaired) electrons. The van der Waals surface area contributed by atoms with Crippen molar-refractivity contribution in [3.05, 3.63) is 68.6 Å². The van der Waals surface area contributed by atoms with E-state index in [1.807, 2.05) is 17.5 Å². The molecule has 1 amide bonds. The van der Waals surface area contributed by atoms with Crippen LogP contribution in [0.1, 0.15) is 4.88 Å². The summed E-state index contributed by atoms with van der Waals surface area (Å²) in [6.07, 6.45) is 1.63. The van der Waals surface area contributed by atoms with Crippen LogP contribution in [0.5, 0.6) is 0 Å². The number of nitrogens with one attached hydrogen (secondary N) is 1. The molecule has 3 aromatic rings. The van der Waals surface area contributed by atoms with Gasteiger partial charge in [0.25, 0.3) is 5.56 Å². The van der Waals surface area contributed by atoms with E-state index in [1.54, 1.807) is 35.6 Å². The van der Waals surface area contributed by atoms with Crippen LogP contribution in [0.3, 0.4) is 0 Å². The lowest BCUT2D eigenvalue weighted by molar-refractivity contribution is -0.118. The third kappa shape index (κ3) is 4.35. The SMILES string of the molecule is C=CCn1c(SCC(=O)NCc2cccs2)nc2cc(Cl)ccc2c1=O. The number of benzene rings is 1. The molecule has 0 aliphatic heterocycles. The Kier molecular flexibility index (Phi) is 6.13. The van der Waals surface area contributed by atoms with Gasteiger partial charge in [0.05, 0.1) is 23.2 Å². The molecule has 0 aliphatic carbocycles. The monoisotopic (exact) mass is 405 g/mol. The number of rotatable bonds is 7. The topological polar surface area (TPSA) is 64.0 Å². The molecular weight excluding hydrogens is 390 g/mol. The van der Waals surface area contributed by atoms with E-state index < -0.39 is 0 Å². The summed E-state index contributed by atoms with van der Waals surface area (Å²) < 4.78 is 1.51. The van der Waals surface area contributed by atoms with E-state index in [0.29, 0.717) is 34.2 Å². The highest BCUT2D eigenvalue weighted by molar-refractivity contribution is 7.99. The fourth-order valence-corrected chi connectivity index (χ4v) is 4.00. The molecule has 0 spiro atoms. The van der Waals surface area contributed by atoms with Crippen molar-refractivity contribution < 1.29 is 4.79 Å². The van der Waals surface area contributed by atoms with Crippen molar-refractivity contribution in [3.8, 4) is 0 Å². The van der Waals surface area contributed by atoms with E-state index in [-0.39, 0.29) is 17.2 Å². The number of carbonyl (C=O) groups excluding carboxylic acids is 1. The summed E-state index contributed by atoms with van der Waals surface area (Å²) in [5.74, 6) is 0.0510. The Hall–Kier alpha value is -2.09. The molecule has 26 heavy (non-hydrogen) atoms. The normalized spacial score (nSPS) is 10.8. The fourth-order valence-electron chi connectivity index (χ4n) is 2.35. The summed E-state index contributed by atoms with van der Waals surface area (Å²) in [5, 5.41) is 6.30. The molecule has 5 nitrogen and oxygen atoms in total. The predicted molar refractivity (Wildman–Crippen MR) is 108 cm³/mol. The standard InChI is InChI=1S/C18H16ClN3O2S2/c1-2-7-22-17(24)14-6-5-12(19)9-15(14)21-18(22)26-11-16(23)20-10-13-4-3-8-25-13/h2-6,8-9H,1,7,10-11H2,(H,20,23). The van der Waals surface area contributed by atoms with Crippen LogP contribution < -0.4 is 10.9 Å². The number of hydrogen-bond acceptors (Lipinski definition) is 5. The fraction of sp³-hybridized carbons (Fsp3) is 0.167. The Balaban J connectivity index is 1.79. The Morgan fingerprint density at radius 1 is 1.42 bits per heavy atom. The molecule has 0 fully saturated rings. The van der Waals surface area contributed by atoms with Crippen LogP contribution in [0.25, 0.3) is 10.9 Å². The molecule has 0 bridgehead atoms. The summed E-state index contributed by atoms with van der Waals surface area (Å²) in [4.78, 5) is 30.4. The summed E-state index contributed by atoms with van der Waals surface area (Å²) >= 11 is 8.82. The number of aromatic nitrogens is 2. The van der Waals surface area contributed by atoms with Crippen LogP contribution in [-0.4, -0.2) is 21.2 Å². The average molecular weight is 406 g/mol. The molecule has 0 atom stereocenters. The van der Waals surface area contributed by atoms with Gasteiger partial charge in [0.1, 0.15) is 0 Å². The Labute approximate surface area is 163 Å².